The van der Waals surface area contributed by atoms with Crippen molar-refractivity contribution in [3.63, 3.8) is 0 Å². The van der Waals surface area contributed by atoms with Gasteiger partial charge in [0, 0.05) is 5.92 Å². The van der Waals surface area contributed by atoms with Crippen LogP contribution < -0.4 is 10.6 Å². The Morgan fingerprint density at radius 3 is 2.65 bits per heavy atom. The SMILES string of the molecule is CC(CC(C)[SH](=O)=O)C1C=CCCC12NC(=O)NC2=O. The normalized spacial score (nSPS) is 32.2. The van der Waals surface area contributed by atoms with Crippen molar-refractivity contribution in [1.82, 2.24) is 10.6 Å². The maximum Gasteiger partial charge on any atom is 0.322 e. The average Bonchev–Trinajstić information content (AvgIpc) is 2.64. The largest absolute Gasteiger partial charge is 0.323 e. The zero-order valence-corrected chi connectivity index (χ0v) is 12.5. The summed E-state index contributed by atoms with van der Waals surface area (Å²) in [6, 6.07) is -0.467. The van der Waals surface area contributed by atoms with Gasteiger partial charge in [-0.3, -0.25) is 10.1 Å². The molecule has 3 amide bonds. The van der Waals surface area contributed by atoms with Crippen LogP contribution in [0.5, 0.6) is 0 Å². The standard InChI is InChI=1S/C13H20N2O4S/c1-8(7-9(2)20(18)19)10-5-3-4-6-13(10)11(16)14-12(17)15-13/h3,5,8-10,20H,4,6-7H2,1-2H3,(H2,14,15,16,17). The van der Waals surface area contributed by atoms with E-state index in [1.165, 1.54) is 0 Å². The summed E-state index contributed by atoms with van der Waals surface area (Å²) in [7, 11) is -2.47. The number of allylic oxidation sites excluding steroid dienone is 1. The first-order valence-electron chi connectivity index (χ1n) is 6.80. The molecule has 0 saturated carbocycles. The highest BCUT2D eigenvalue weighted by Crippen LogP contribution is 2.38. The summed E-state index contributed by atoms with van der Waals surface area (Å²) in [5, 5.41) is 4.61. The Kier molecular flexibility index (Phi) is 4.17. The Morgan fingerprint density at radius 1 is 1.40 bits per heavy atom. The second-order valence-corrected chi connectivity index (χ2v) is 7.17. The summed E-state index contributed by atoms with van der Waals surface area (Å²) in [6.45, 7) is 3.59. The van der Waals surface area contributed by atoms with Crippen molar-refractivity contribution in [2.24, 2.45) is 11.8 Å². The van der Waals surface area contributed by atoms with Crippen LogP contribution >= 0.6 is 0 Å². The number of carbonyl (C=O) groups is 2. The predicted molar refractivity (Wildman–Crippen MR) is 74.8 cm³/mol. The van der Waals surface area contributed by atoms with Gasteiger partial charge in [-0.1, -0.05) is 19.1 Å². The molecule has 4 unspecified atom stereocenters. The van der Waals surface area contributed by atoms with E-state index in [1.54, 1.807) is 6.92 Å². The molecule has 1 aliphatic heterocycles. The first kappa shape index (κ1) is 15.0. The third kappa shape index (κ3) is 2.59. The van der Waals surface area contributed by atoms with Gasteiger partial charge in [0.1, 0.15) is 16.2 Å². The van der Waals surface area contributed by atoms with Gasteiger partial charge in [0.25, 0.3) is 5.91 Å². The van der Waals surface area contributed by atoms with Crippen LogP contribution in [0.2, 0.25) is 0 Å². The number of amides is 3. The minimum atomic E-state index is -2.47. The maximum atomic E-state index is 12.1. The van der Waals surface area contributed by atoms with E-state index in [1.807, 2.05) is 19.1 Å². The molecule has 1 aliphatic carbocycles. The monoisotopic (exact) mass is 300 g/mol. The Labute approximate surface area is 119 Å². The molecule has 2 aliphatic rings. The molecule has 1 spiro atoms. The molecule has 7 heteroatoms. The van der Waals surface area contributed by atoms with Crippen LogP contribution in [-0.2, 0) is 15.5 Å². The lowest BCUT2D eigenvalue weighted by molar-refractivity contribution is -0.126. The molecule has 0 aromatic carbocycles. The van der Waals surface area contributed by atoms with Crippen LogP contribution in [0.1, 0.15) is 33.1 Å². The van der Waals surface area contributed by atoms with Gasteiger partial charge in [0.2, 0.25) is 0 Å². The molecule has 112 valence electrons. The van der Waals surface area contributed by atoms with E-state index in [0.717, 1.165) is 6.42 Å². The number of hydrogen-bond acceptors (Lipinski definition) is 4. The first-order chi connectivity index (χ1) is 9.36. The topological polar surface area (TPSA) is 92.3 Å². The third-order valence-corrected chi connectivity index (χ3v) is 5.20. The molecule has 2 N–H and O–H groups in total. The van der Waals surface area contributed by atoms with Crippen LogP contribution in [0.25, 0.3) is 0 Å². The maximum absolute atomic E-state index is 12.1. The van der Waals surface area contributed by atoms with Gasteiger partial charge < -0.3 is 5.32 Å². The second-order valence-electron chi connectivity index (χ2n) is 5.72. The van der Waals surface area contributed by atoms with Gasteiger partial charge in [0.15, 0.2) is 0 Å². The molecule has 20 heavy (non-hydrogen) atoms. The van der Waals surface area contributed by atoms with Crippen molar-refractivity contribution >= 4 is 22.6 Å². The van der Waals surface area contributed by atoms with E-state index >= 15 is 0 Å². The average molecular weight is 300 g/mol. The van der Waals surface area contributed by atoms with E-state index in [0.29, 0.717) is 12.8 Å². The number of imide groups is 1. The van der Waals surface area contributed by atoms with E-state index in [2.05, 4.69) is 10.6 Å². The molecule has 0 aromatic heterocycles. The molecule has 2 rings (SSSR count). The van der Waals surface area contributed by atoms with Crippen LogP contribution in [0.15, 0.2) is 12.2 Å². The summed E-state index contributed by atoms with van der Waals surface area (Å²) < 4.78 is 22.0. The van der Waals surface area contributed by atoms with Crippen molar-refractivity contribution in [1.29, 1.82) is 0 Å². The van der Waals surface area contributed by atoms with Gasteiger partial charge in [-0.05, 0) is 32.1 Å². The van der Waals surface area contributed by atoms with Gasteiger partial charge >= 0.3 is 6.03 Å². The van der Waals surface area contributed by atoms with Crippen molar-refractivity contribution < 1.29 is 18.0 Å². The Hall–Kier alpha value is -1.37. The number of carbonyl (C=O) groups excluding carboxylic acids is 2. The van der Waals surface area contributed by atoms with Crippen molar-refractivity contribution in [3.8, 4) is 0 Å². The van der Waals surface area contributed by atoms with Crippen LogP contribution in [0, 0.1) is 11.8 Å². The zero-order valence-electron chi connectivity index (χ0n) is 11.6. The van der Waals surface area contributed by atoms with Crippen LogP contribution in [-0.4, -0.2) is 31.1 Å². The minimum absolute atomic E-state index is 0.0152. The molecular weight excluding hydrogens is 280 g/mol. The Bertz CT molecular complexity index is 520. The van der Waals surface area contributed by atoms with E-state index < -0.39 is 27.5 Å². The number of nitrogens with one attached hydrogen (secondary N) is 2. The highest BCUT2D eigenvalue weighted by molar-refractivity contribution is 7.73. The van der Waals surface area contributed by atoms with E-state index in [4.69, 9.17) is 0 Å². The molecule has 1 fully saturated rings. The first-order valence-corrected chi connectivity index (χ1v) is 8.05. The molecular formula is C13H20N2O4S. The van der Waals surface area contributed by atoms with Crippen molar-refractivity contribution in [2.45, 2.75) is 43.9 Å². The summed E-state index contributed by atoms with van der Waals surface area (Å²) in [5.74, 6) is -0.499. The molecule has 1 saturated heterocycles. The van der Waals surface area contributed by atoms with Crippen LogP contribution in [0.3, 0.4) is 0 Å². The van der Waals surface area contributed by atoms with Crippen molar-refractivity contribution in [2.75, 3.05) is 0 Å². The lowest BCUT2D eigenvalue weighted by Crippen LogP contribution is -2.55. The smallest absolute Gasteiger partial charge is 0.322 e. The fourth-order valence-corrected chi connectivity index (χ4v) is 3.75. The molecule has 0 radical (unpaired) electrons. The summed E-state index contributed by atoms with van der Waals surface area (Å²) in [5.41, 5.74) is -0.917. The molecule has 6 nitrogen and oxygen atoms in total. The molecule has 0 bridgehead atoms. The Morgan fingerprint density at radius 2 is 2.10 bits per heavy atom. The highest BCUT2D eigenvalue weighted by atomic mass is 32.2. The van der Waals surface area contributed by atoms with Gasteiger partial charge in [-0.15, -0.1) is 0 Å². The summed E-state index contributed by atoms with van der Waals surface area (Å²) in [4.78, 5) is 23.6. The molecule has 1 heterocycles. The number of rotatable bonds is 4. The fourth-order valence-electron chi connectivity index (χ4n) is 3.25. The predicted octanol–water partition coefficient (Wildman–Crippen LogP) is 0.557. The summed E-state index contributed by atoms with van der Waals surface area (Å²) in [6.07, 6.45) is 5.67. The zero-order chi connectivity index (χ0) is 14.9. The lowest BCUT2D eigenvalue weighted by atomic mass is 9.69. The number of thiol groups is 1. The molecule has 4 atom stereocenters. The third-order valence-electron chi connectivity index (χ3n) is 4.27. The Balaban J connectivity index is 2.23. The van der Waals surface area contributed by atoms with Gasteiger partial charge in [-0.25, -0.2) is 13.2 Å². The molecule has 0 aromatic rings. The highest BCUT2D eigenvalue weighted by Gasteiger charge is 2.52. The van der Waals surface area contributed by atoms with Crippen molar-refractivity contribution in [3.05, 3.63) is 12.2 Å². The quantitative estimate of drug-likeness (QED) is 0.402. The number of hydrogen-bond donors (Lipinski definition) is 3. The minimum Gasteiger partial charge on any atom is -0.323 e. The fraction of sp³-hybridized carbons (Fsp3) is 0.692. The number of urea groups is 1. The van der Waals surface area contributed by atoms with Gasteiger partial charge in [-0.2, -0.15) is 0 Å². The van der Waals surface area contributed by atoms with E-state index in [-0.39, 0.29) is 17.7 Å². The van der Waals surface area contributed by atoms with E-state index in [9.17, 15) is 18.0 Å². The second kappa shape index (κ2) is 5.55. The van der Waals surface area contributed by atoms with Gasteiger partial charge in [0.05, 0.1) is 5.25 Å². The summed E-state index contributed by atoms with van der Waals surface area (Å²) >= 11 is 0. The van der Waals surface area contributed by atoms with Crippen LogP contribution in [0.4, 0.5) is 4.79 Å². The lowest BCUT2D eigenvalue weighted by Gasteiger charge is -2.39.